The Balaban J connectivity index is 1.63. The second-order valence-corrected chi connectivity index (χ2v) is 5.98. The van der Waals surface area contributed by atoms with E-state index in [4.69, 9.17) is 0 Å². The van der Waals surface area contributed by atoms with Crippen molar-refractivity contribution >= 4 is 28.7 Å². The highest BCUT2D eigenvalue weighted by molar-refractivity contribution is 7.09. The third-order valence-corrected chi connectivity index (χ3v) is 3.93. The van der Waals surface area contributed by atoms with E-state index >= 15 is 0 Å². The van der Waals surface area contributed by atoms with Crippen molar-refractivity contribution in [2.75, 3.05) is 10.6 Å². The summed E-state index contributed by atoms with van der Waals surface area (Å²) in [5.41, 5.74) is 3.12. The van der Waals surface area contributed by atoms with Crippen LogP contribution in [0.2, 0.25) is 0 Å². The molecule has 23 heavy (non-hydrogen) atoms. The molecule has 0 saturated heterocycles. The number of aryl methyl sites for hydroxylation is 1. The topological polar surface area (TPSA) is 54.0 Å². The van der Waals surface area contributed by atoms with Gasteiger partial charge in [0.2, 0.25) is 0 Å². The molecule has 0 saturated carbocycles. The van der Waals surface area contributed by atoms with E-state index in [1.165, 1.54) is 24.3 Å². The monoisotopic (exact) mass is 327 g/mol. The fraction of sp³-hybridized carbons (Fsp3) is 0.0588. The van der Waals surface area contributed by atoms with Gasteiger partial charge >= 0.3 is 6.03 Å². The van der Waals surface area contributed by atoms with E-state index in [9.17, 15) is 9.18 Å². The van der Waals surface area contributed by atoms with E-state index in [-0.39, 0.29) is 11.8 Å². The molecular weight excluding hydrogens is 313 g/mol. The summed E-state index contributed by atoms with van der Waals surface area (Å²) in [7, 11) is 0. The number of carbonyl (C=O) groups is 1. The van der Waals surface area contributed by atoms with E-state index in [0.717, 1.165) is 16.3 Å². The van der Waals surface area contributed by atoms with Gasteiger partial charge in [-0.2, -0.15) is 0 Å². The predicted octanol–water partition coefficient (Wildman–Crippen LogP) is 4.90. The first-order valence-corrected chi connectivity index (χ1v) is 7.84. The van der Waals surface area contributed by atoms with Gasteiger partial charge in [-0.15, -0.1) is 11.3 Å². The second kappa shape index (κ2) is 6.58. The number of halogens is 1. The van der Waals surface area contributed by atoms with E-state index in [2.05, 4.69) is 15.6 Å². The van der Waals surface area contributed by atoms with Crippen molar-refractivity contribution in [1.29, 1.82) is 0 Å². The maximum atomic E-state index is 12.8. The van der Waals surface area contributed by atoms with Crippen molar-refractivity contribution in [3.8, 4) is 11.3 Å². The summed E-state index contributed by atoms with van der Waals surface area (Å²) in [5.74, 6) is -0.344. The molecular formula is C17H14FN3OS. The average molecular weight is 327 g/mol. The Morgan fingerprint density at radius 3 is 2.09 bits per heavy atom. The molecule has 0 aliphatic carbocycles. The summed E-state index contributed by atoms with van der Waals surface area (Å²) in [6, 6.07) is 12.6. The molecule has 0 spiro atoms. The van der Waals surface area contributed by atoms with Gasteiger partial charge in [0.15, 0.2) is 0 Å². The van der Waals surface area contributed by atoms with Crippen LogP contribution < -0.4 is 10.6 Å². The largest absolute Gasteiger partial charge is 0.323 e. The number of nitrogens with zero attached hydrogens (tertiary/aromatic N) is 1. The van der Waals surface area contributed by atoms with Crippen molar-refractivity contribution in [3.05, 3.63) is 64.7 Å². The molecule has 0 aliphatic rings. The molecule has 2 aromatic carbocycles. The summed E-state index contributed by atoms with van der Waals surface area (Å²) in [5, 5.41) is 8.38. The molecule has 0 aliphatic heterocycles. The standard InChI is InChI=1S/C17H14FN3OS/c1-11-19-16(10-23-11)12-2-6-14(7-3-12)20-17(22)21-15-8-4-13(18)5-9-15/h2-10H,1H3,(H2,20,21,22). The first kappa shape index (κ1) is 15.2. The molecule has 6 heteroatoms. The Kier molecular flexibility index (Phi) is 4.34. The number of nitrogens with one attached hydrogen (secondary N) is 2. The third-order valence-electron chi connectivity index (χ3n) is 3.16. The van der Waals surface area contributed by atoms with Gasteiger partial charge in [-0.1, -0.05) is 12.1 Å². The summed E-state index contributed by atoms with van der Waals surface area (Å²) < 4.78 is 12.8. The lowest BCUT2D eigenvalue weighted by atomic mass is 10.1. The molecule has 0 atom stereocenters. The highest BCUT2D eigenvalue weighted by Crippen LogP contribution is 2.23. The number of aromatic nitrogens is 1. The van der Waals surface area contributed by atoms with Crippen LogP contribution >= 0.6 is 11.3 Å². The van der Waals surface area contributed by atoms with Gasteiger partial charge in [-0.05, 0) is 43.3 Å². The fourth-order valence-electron chi connectivity index (χ4n) is 2.05. The maximum Gasteiger partial charge on any atom is 0.323 e. The van der Waals surface area contributed by atoms with Crippen molar-refractivity contribution in [2.24, 2.45) is 0 Å². The molecule has 4 nitrogen and oxygen atoms in total. The van der Waals surface area contributed by atoms with Crippen molar-refractivity contribution in [2.45, 2.75) is 6.92 Å². The molecule has 1 heterocycles. The normalized spacial score (nSPS) is 10.3. The van der Waals surface area contributed by atoms with E-state index in [1.54, 1.807) is 11.3 Å². The van der Waals surface area contributed by atoms with Crippen LogP contribution in [0.25, 0.3) is 11.3 Å². The summed E-state index contributed by atoms with van der Waals surface area (Å²) >= 11 is 1.60. The number of hydrogen-bond donors (Lipinski definition) is 2. The van der Waals surface area contributed by atoms with Crippen LogP contribution in [-0.2, 0) is 0 Å². The number of benzene rings is 2. The molecule has 3 rings (SSSR count). The molecule has 1 aromatic heterocycles. The predicted molar refractivity (Wildman–Crippen MR) is 91.3 cm³/mol. The summed E-state index contributed by atoms with van der Waals surface area (Å²) in [6.07, 6.45) is 0. The van der Waals surface area contributed by atoms with Crippen LogP contribution in [0, 0.1) is 12.7 Å². The zero-order valence-electron chi connectivity index (χ0n) is 12.3. The molecule has 0 unspecified atom stereocenters. The van der Waals surface area contributed by atoms with Gasteiger partial charge in [0.1, 0.15) is 5.82 Å². The average Bonchev–Trinajstić information content (AvgIpc) is 2.97. The summed E-state index contributed by atoms with van der Waals surface area (Å²) in [6.45, 7) is 1.96. The van der Waals surface area contributed by atoms with Crippen LogP contribution in [-0.4, -0.2) is 11.0 Å². The smallest absolute Gasteiger partial charge is 0.308 e. The van der Waals surface area contributed by atoms with Crippen molar-refractivity contribution in [1.82, 2.24) is 4.98 Å². The Hall–Kier alpha value is -2.73. The first-order valence-electron chi connectivity index (χ1n) is 6.96. The van der Waals surface area contributed by atoms with Gasteiger partial charge in [-0.3, -0.25) is 0 Å². The van der Waals surface area contributed by atoms with E-state index < -0.39 is 0 Å². The minimum absolute atomic E-state index is 0.344. The lowest BCUT2D eigenvalue weighted by Crippen LogP contribution is -2.19. The zero-order chi connectivity index (χ0) is 16.2. The Morgan fingerprint density at radius 2 is 1.57 bits per heavy atom. The number of amides is 2. The molecule has 0 bridgehead atoms. The number of rotatable bonds is 3. The summed E-state index contributed by atoms with van der Waals surface area (Å²) in [4.78, 5) is 16.3. The van der Waals surface area contributed by atoms with Gasteiger partial charge in [0.05, 0.1) is 10.7 Å². The van der Waals surface area contributed by atoms with Crippen LogP contribution in [0.5, 0.6) is 0 Å². The molecule has 0 fully saturated rings. The third kappa shape index (κ3) is 3.92. The van der Waals surface area contributed by atoms with Gasteiger partial charge in [-0.25, -0.2) is 14.2 Å². The number of hydrogen-bond acceptors (Lipinski definition) is 3. The molecule has 2 N–H and O–H groups in total. The van der Waals surface area contributed by atoms with Gasteiger partial charge < -0.3 is 10.6 Å². The molecule has 116 valence electrons. The number of carbonyl (C=O) groups excluding carboxylic acids is 1. The first-order chi connectivity index (χ1) is 11.1. The minimum Gasteiger partial charge on any atom is -0.308 e. The van der Waals surface area contributed by atoms with Crippen LogP contribution in [0.3, 0.4) is 0 Å². The molecule has 0 radical (unpaired) electrons. The van der Waals surface area contributed by atoms with Crippen LogP contribution in [0.4, 0.5) is 20.6 Å². The quantitative estimate of drug-likeness (QED) is 0.719. The van der Waals surface area contributed by atoms with Gasteiger partial charge in [0, 0.05) is 22.3 Å². The van der Waals surface area contributed by atoms with Gasteiger partial charge in [0.25, 0.3) is 0 Å². The fourth-order valence-corrected chi connectivity index (χ4v) is 2.67. The minimum atomic E-state index is -0.381. The van der Waals surface area contributed by atoms with Crippen molar-refractivity contribution < 1.29 is 9.18 Å². The molecule has 3 aromatic rings. The van der Waals surface area contributed by atoms with E-state index in [1.807, 2.05) is 36.6 Å². The number of urea groups is 1. The van der Waals surface area contributed by atoms with E-state index in [0.29, 0.717) is 11.4 Å². The second-order valence-electron chi connectivity index (χ2n) is 4.92. The maximum absolute atomic E-state index is 12.8. The highest BCUT2D eigenvalue weighted by atomic mass is 32.1. The Bertz CT molecular complexity index is 813. The Morgan fingerprint density at radius 1 is 1.00 bits per heavy atom. The Labute approximate surface area is 137 Å². The molecule has 2 amide bonds. The lowest BCUT2D eigenvalue weighted by molar-refractivity contribution is 0.262. The van der Waals surface area contributed by atoms with Crippen LogP contribution in [0.15, 0.2) is 53.9 Å². The SMILES string of the molecule is Cc1nc(-c2ccc(NC(=O)Nc3ccc(F)cc3)cc2)cs1. The highest BCUT2D eigenvalue weighted by Gasteiger charge is 2.05. The zero-order valence-corrected chi connectivity index (χ0v) is 13.2. The number of anilines is 2. The number of thiazole rings is 1. The van der Waals surface area contributed by atoms with Crippen LogP contribution in [0.1, 0.15) is 5.01 Å². The van der Waals surface area contributed by atoms with Crippen molar-refractivity contribution in [3.63, 3.8) is 0 Å². The lowest BCUT2D eigenvalue weighted by Gasteiger charge is -2.08.